The number of H-pyrrole nitrogens is 1. The minimum Gasteiger partial charge on any atom is -0.493 e. The third kappa shape index (κ3) is 3.73. The number of aromatic amines is 1. The maximum atomic E-state index is 11.6. The Hall–Kier alpha value is -2.30. The summed E-state index contributed by atoms with van der Waals surface area (Å²) in [5.41, 5.74) is 2.59. The minimum atomic E-state index is -4.37. The molecule has 0 saturated carbocycles. The van der Waals surface area contributed by atoms with Crippen LogP contribution in [0, 0.1) is 4.64 Å². The van der Waals surface area contributed by atoms with E-state index in [4.69, 9.17) is 17.0 Å². The van der Waals surface area contributed by atoms with Crippen LogP contribution >= 0.6 is 12.2 Å². The number of hydrogen-bond acceptors (Lipinski definition) is 6. The fraction of sp³-hybridized carbons (Fsp3) is 0.353. The lowest BCUT2D eigenvalue weighted by molar-refractivity contribution is 0.341. The van der Waals surface area contributed by atoms with Gasteiger partial charge in [0.25, 0.3) is 10.1 Å². The van der Waals surface area contributed by atoms with Crippen LogP contribution in [0.2, 0.25) is 0 Å². The first-order chi connectivity index (χ1) is 12.8. The van der Waals surface area contributed by atoms with E-state index in [2.05, 4.69) is 15.1 Å². The average molecular weight is 409 g/mol. The van der Waals surface area contributed by atoms with E-state index >= 15 is 0 Å². The topological polar surface area (TPSA) is 110 Å². The normalized spacial score (nSPS) is 11.9. The molecule has 0 atom stereocenters. The quantitative estimate of drug-likeness (QED) is 0.476. The number of hydrogen-bond donors (Lipinski definition) is 2. The molecule has 0 radical (unpaired) electrons. The van der Waals surface area contributed by atoms with Crippen LogP contribution in [0.15, 0.2) is 23.1 Å². The number of aromatic nitrogens is 4. The van der Waals surface area contributed by atoms with Gasteiger partial charge in [0.15, 0.2) is 0 Å². The first-order valence-electron chi connectivity index (χ1n) is 8.46. The number of ether oxygens (including phenoxy) is 1. The molecule has 144 valence electrons. The number of fused-ring (bicyclic) bond motifs is 1. The van der Waals surface area contributed by atoms with E-state index in [0.29, 0.717) is 39.4 Å². The highest BCUT2D eigenvalue weighted by Gasteiger charge is 2.19. The van der Waals surface area contributed by atoms with E-state index in [-0.39, 0.29) is 4.90 Å². The maximum absolute atomic E-state index is 11.6. The van der Waals surface area contributed by atoms with E-state index in [1.807, 2.05) is 13.8 Å². The molecule has 0 fully saturated rings. The molecule has 0 unspecified atom stereocenters. The molecule has 0 saturated heterocycles. The predicted octanol–water partition coefficient (Wildman–Crippen LogP) is 3.29. The van der Waals surface area contributed by atoms with Crippen molar-refractivity contribution in [3.63, 3.8) is 0 Å². The number of aryl methyl sites for hydroxylation is 2. The fourth-order valence-corrected chi connectivity index (χ4v) is 3.75. The zero-order valence-electron chi connectivity index (χ0n) is 15.2. The van der Waals surface area contributed by atoms with Crippen molar-refractivity contribution in [3.05, 3.63) is 28.5 Å². The van der Waals surface area contributed by atoms with Crippen LogP contribution in [-0.4, -0.2) is 39.3 Å². The zero-order valence-corrected chi connectivity index (χ0v) is 16.8. The van der Waals surface area contributed by atoms with Crippen molar-refractivity contribution in [3.8, 4) is 17.1 Å². The Kier molecular flexibility index (Phi) is 5.31. The van der Waals surface area contributed by atoms with E-state index < -0.39 is 10.1 Å². The van der Waals surface area contributed by atoms with Gasteiger partial charge in [0, 0.05) is 7.05 Å². The van der Waals surface area contributed by atoms with Gasteiger partial charge in [0.05, 0.1) is 22.8 Å². The molecule has 3 rings (SSSR count). The predicted molar refractivity (Wildman–Crippen MR) is 104 cm³/mol. The van der Waals surface area contributed by atoms with Crippen molar-refractivity contribution in [1.29, 1.82) is 0 Å². The van der Waals surface area contributed by atoms with Crippen LogP contribution < -0.4 is 4.74 Å². The van der Waals surface area contributed by atoms with Crippen LogP contribution in [-0.2, 0) is 23.6 Å². The lowest BCUT2D eigenvalue weighted by Gasteiger charge is -2.11. The van der Waals surface area contributed by atoms with E-state index in [1.54, 1.807) is 11.7 Å². The third-order valence-electron chi connectivity index (χ3n) is 4.05. The van der Waals surface area contributed by atoms with E-state index in [0.717, 1.165) is 18.5 Å². The van der Waals surface area contributed by atoms with Gasteiger partial charge in [0.2, 0.25) is 0 Å². The Labute approximate surface area is 162 Å². The van der Waals surface area contributed by atoms with Crippen LogP contribution in [0.1, 0.15) is 26.0 Å². The summed E-state index contributed by atoms with van der Waals surface area (Å²) in [6.07, 6.45) is 1.64. The molecule has 0 amide bonds. The highest BCUT2D eigenvalue weighted by atomic mass is 32.2. The molecule has 0 aliphatic carbocycles. The van der Waals surface area contributed by atoms with Gasteiger partial charge in [-0.05, 0) is 31.5 Å². The largest absolute Gasteiger partial charge is 0.493 e. The van der Waals surface area contributed by atoms with Gasteiger partial charge in [-0.15, -0.1) is 0 Å². The summed E-state index contributed by atoms with van der Waals surface area (Å²) in [6, 6.07) is 4.08. The average Bonchev–Trinajstić information content (AvgIpc) is 2.91. The Bertz CT molecular complexity index is 1170. The minimum absolute atomic E-state index is 0.248. The first-order valence-corrected chi connectivity index (χ1v) is 10.3. The number of nitrogens with zero attached hydrogens (tertiary/aromatic N) is 3. The van der Waals surface area contributed by atoms with Crippen molar-refractivity contribution >= 4 is 33.4 Å². The summed E-state index contributed by atoms with van der Waals surface area (Å²) >= 11 is 5.48. The van der Waals surface area contributed by atoms with Gasteiger partial charge in [-0.3, -0.25) is 9.23 Å². The Morgan fingerprint density at radius 3 is 2.70 bits per heavy atom. The molecule has 2 N–H and O–H groups in total. The standard InChI is InChI=1S/C17H20N4O4S2/c1-4-6-12-14-15(21(3)20-12)17(26)19-16(18-14)11-9-10(27(22,23)24)7-8-13(11)25-5-2/h7-9H,4-6H2,1-3H3,(H,18,19,26)(H,22,23,24). The Balaban J connectivity index is 2.31. The summed E-state index contributed by atoms with van der Waals surface area (Å²) < 4.78 is 40.2. The smallest absolute Gasteiger partial charge is 0.294 e. The zero-order chi connectivity index (χ0) is 19.8. The summed E-state index contributed by atoms with van der Waals surface area (Å²) in [7, 11) is -2.57. The molecule has 27 heavy (non-hydrogen) atoms. The van der Waals surface area contributed by atoms with Crippen molar-refractivity contribution in [2.45, 2.75) is 31.6 Å². The molecular weight excluding hydrogens is 388 g/mol. The van der Waals surface area contributed by atoms with Gasteiger partial charge in [-0.2, -0.15) is 13.5 Å². The second-order valence-corrected chi connectivity index (χ2v) is 7.83. The molecule has 2 heterocycles. The number of benzene rings is 1. The monoisotopic (exact) mass is 408 g/mol. The van der Waals surface area contributed by atoms with Crippen molar-refractivity contribution < 1.29 is 17.7 Å². The molecule has 0 spiro atoms. The second-order valence-electron chi connectivity index (χ2n) is 6.00. The van der Waals surface area contributed by atoms with Crippen molar-refractivity contribution in [1.82, 2.24) is 19.7 Å². The summed E-state index contributed by atoms with van der Waals surface area (Å²) in [6.45, 7) is 4.25. The summed E-state index contributed by atoms with van der Waals surface area (Å²) in [5, 5.41) is 4.49. The SMILES string of the molecule is CCCc1nn(C)c2c(=S)[nH]c(-c3cc(S(=O)(=O)O)ccc3OCC)nc12. The maximum Gasteiger partial charge on any atom is 0.294 e. The second kappa shape index (κ2) is 7.37. The number of nitrogens with one attached hydrogen (secondary N) is 1. The molecule has 1 aromatic carbocycles. The van der Waals surface area contributed by atoms with Crippen molar-refractivity contribution in [2.24, 2.45) is 7.05 Å². The Morgan fingerprint density at radius 2 is 2.07 bits per heavy atom. The van der Waals surface area contributed by atoms with Crippen molar-refractivity contribution in [2.75, 3.05) is 6.61 Å². The Morgan fingerprint density at radius 1 is 1.33 bits per heavy atom. The lowest BCUT2D eigenvalue weighted by atomic mass is 10.1. The van der Waals surface area contributed by atoms with Gasteiger partial charge >= 0.3 is 0 Å². The summed E-state index contributed by atoms with van der Waals surface area (Å²) in [5.74, 6) is 0.787. The first kappa shape index (κ1) is 19.5. The summed E-state index contributed by atoms with van der Waals surface area (Å²) in [4.78, 5) is 7.43. The molecule has 0 aliphatic rings. The highest BCUT2D eigenvalue weighted by molar-refractivity contribution is 7.85. The lowest BCUT2D eigenvalue weighted by Crippen LogP contribution is -2.02. The van der Waals surface area contributed by atoms with Crippen LogP contribution in [0.4, 0.5) is 0 Å². The fourth-order valence-electron chi connectivity index (χ4n) is 2.92. The van der Waals surface area contributed by atoms with E-state index in [9.17, 15) is 13.0 Å². The molecular formula is C17H20N4O4S2. The van der Waals surface area contributed by atoms with Gasteiger partial charge < -0.3 is 9.72 Å². The molecule has 0 bridgehead atoms. The van der Waals surface area contributed by atoms with Gasteiger partial charge in [-0.25, -0.2) is 4.98 Å². The van der Waals surface area contributed by atoms with Gasteiger partial charge in [-0.1, -0.05) is 25.6 Å². The van der Waals surface area contributed by atoms with Crippen LogP contribution in [0.25, 0.3) is 22.4 Å². The molecule has 3 aromatic rings. The molecule has 2 aromatic heterocycles. The number of rotatable bonds is 6. The van der Waals surface area contributed by atoms with Gasteiger partial charge in [0.1, 0.15) is 27.2 Å². The third-order valence-corrected chi connectivity index (χ3v) is 5.20. The van der Waals surface area contributed by atoms with Crippen LogP contribution in [0.3, 0.4) is 0 Å². The highest BCUT2D eigenvalue weighted by Crippen LogP contribution is 2.32. The molecule has 10 heteroatoms. The molecule has 8 nitrogen and oxygen atoms in total. The molecule has 0 aliphatic heterocycles. The van der Waals surface area contributed by atoms with E-state index in [1.165, 1.54) is 18.2 Å². The van der Waals surface area contributed by atoms with Crippen LogP contribution in [0.5, 0.6) is 5.75 Å².